The first-order chi connectivity index (χ1) is 9.60. The molecule has 1 rings (SSSR count). The molecule has 0 unspecified atom stereocenters. The van der Waals surface area contributed by atoms with Crippen LogP contribution < -0.4 is 0 Å². The van der Waals surface area contributed by atoms with Crippen molar-refractivity contribution >= 4 is 11.8 Å². The van der Waals surface area contributed by atoms with Gasteiger partial charge in [-0.15, -0.1) is 0 Å². The second kappa shape index (κ2) is 8.34. The maximum absolute atomic E-state index is 12.1. The van der Waals surface area contributed by atoms with Crippen LogP contribution in [0.2, 0.25) is 0 Å². The van der Waals surface area contributed by atoms with Crippen molar-refractivity contribution in [3.05, 3.63) is 24.2 Å². The lowest BCUT2D eigenvalue weighted by atomic mass is 10.3. The Morgan fingerprint density at radius 3 is 2.70 bits per heavy atom. The molecule has 1 aromatic rings. The van der Waals surface area contributed by atoms with Gasteiger partial charge in [0.25, 0.3) is 5.91 Å². The van der Waals surface area contributed by atoms with E-state index >= 15 is 0 Å². The lowest BCUT2D eigenvalue weighted by molar-refractivity contribution is -0.132. The summed E-state index contributed by atoms with van der Waals surface area (Å²) < 4.78 is 9.90. The Hall–Kier alpha value is -1.86. The number of aliphatic hydroxyl groups excluding tert-OH is 1. The van der Waals surface area contributed by atoms with Crippen LogP contribution in [-0.4, -0.2) is 73.7 Å². The first-order valence-electron chi connectivity index (χ1n) is 6.26. The Kier molecular flexibility index (Phi) is 6.75. The number of carbonyl (C=O) groups excluding carboxylic acids is 2. The number of rotatable bonds is 8. The van der Waals surface area contributed by atoms with Gasteiger partial charge in [-0.05, 0) is 12.1 Å². The average molecular weight is 284 g/mol. The summed E-state index contributed by atoms with van der Waals surface area (Å²) in [4.78, 5) is 26.7. The third-order valence-corrected chi connectivity index (χ3v) is 2.74. The van der Waals surface area contributed by atoms with Gasteiger partial charge < -0.3 is 24.1 Å². The standard InChI is InChI=1S/C13H20N2O5/c1-14(13(18)11-4-3-8-20-11)10-12(17)15(5-7-16)6-9-19-2/h3-4,8,16H,5-7,9-10H2,1-2H3. The zero-order valence-corrected chi connectivity index (χ0v) is 11.7. The van der Waals surface area contributed by atoms with Crippen molar-refractivity contribution in [3.8, 4) is 0 Å². The molecule has 0 atom stereocenters. The van der Waals surface area contributed by atoms with Gasteiger partial charge in [0, 0.05) is 27.2 Å². The van der Waals surface area contributed by atoms with E-state index in [-0.39, 0.29) is 37.3 Å². The predicted octanol–water partition coefficient (Wildman–Crippen LogP) is -0.181. The number of furan rings is 1. The molecule has 7 heteroatoms. The Balaban J connectivity index is 2.55. The first kappa shape index (κ1) is 16.2. The number of nitrogens with zero attached hydrogens (tertiary/aromatic N) is 2. The number of aliphatic hydroxyl groups is 1. The summed E-state index contributed by atoms with van der Waals surface area (Å²) in [5, 5.41) is 8.95. The zero-order chi connectivity index (χ0) is 15.0. The molecule has 0 fully saturated rings. The summed E-state index contributed by atoms with van der Waals surface area (Å²) in [5.41, 5.74) is 0. The smallest absolute Gasteiger partial charge is 0.289 e. The lowest BCUT2D eigenvalue weighted by Crippen LogP contribution is -2.43. The second-order valence-electron chi connectivity index (χ2n) is 4.24. The molecule has 7 nitrogen and oxygen atoms in total. The number of hydrogen-bond acceptors (Lipinski definition) is 5. The summed E-state index contributed by atoms with van der Waals surface area (Å²) in [6.45, 7) is 0.750. The zero-order valence-electron chi connectivity index (χ0n) is 11.7. The van der Waals surface area contributed by atoms with Gasteiger partial charge in [0.15, 0.2) is 5.76 Å². The predicted molar refractivity (Wildman–Crippen MR) is 71.2 cm³/mol. The first-order valence-corrected chi connectivity index (χ1v) is 6.26. The Morgan fingerprint density at radius 1 is 1.40 bits per heavy atom. The fourth-order valence-corrected chi connectivity index (χ4v) is 1.65. The molecule has 2 amide bonds. The van der Waals surface area contributed by atoms with Gasteiger partial charge in [-0.2, -0.15) is 0 Å². The van der Waals surface area contributed by atoms with E-state index in [1.54, 1.807) is 12.1 Å². The number of methoxy groups -OCH3 is 1. The second-order valence-corrected chi connectivity index (χ2v) is 4.24. The topological polar surface area (TPSA) is 83.2 Å². The van der Waals surface area contributed by atoms with Gasteiger partial charge in [-0.25, -0.2) is 0 Å². The van der Waals surface area contributed by atoms with Crippen molar-refractivity contribution in [2.45, 2.75) is 0 Å². The van der Waals surface area contributed by atoms with E-state index in [0.717, 1.165) is 0 Å². The van der Waals surface area contributed by atoms with Crippen molar-refractivity contribution in [1.29, 1.82) is 0 Å². The quantitative estimate of drug-likeness (QED) is 0.716. The SMILES string of the molecule is COCCN(CCO)C(=O)CN(C)C(=O)c1ccco1. The molecular formula is C13H20N2O5. The summed E-state index contributed by atoms with van der Waals surface area (Å²) in [6, 6.07) is 3.15. The molecule has 0 aliphatic rings. The highest BCUT2D eigenvalue weighted by Crippen LogP contribution is 2.04. The van der Waals surface area contributed by atoms with Gasteiger partial charge in [0.05, 0.1) is 26.0 Å². The van der Waals surface area contributed by atoms with E-state index in [0.29, 0.717) is 13.2 Å². The maximum atomic E-state index is 12.1. The summed E-state index contributed by atoms with van der Waals surface area (Å²) in [7, 11) is 3.06. The lowest BCUT2D eigenvalue weighted by Gasteiger charge is -2.24. The number of hydrogen-bond donors (Lipinski definition) is 1. The Labute approximate surface area is 117 Å². The third-order valence-electron chi connectivity index (χ3n) is 2.74. The van der Waals surface area contributed by atoms with Crippen molar-refractivity contribution < 1.29 is 23.8 Å². The Bertz CT molecular complexity index is 418. The molecule has 0 saturated heterocycles. The Morgan fingerprint density at radius 2 is 2.15 bits per heavy atom. The fraction of sp³-hybridized carbons (Fsp3) is 0.538. The van der Waals surface area contributed by atoms with Gasteiger partial charge in [-0.1, -0.05) is 0 Å². The normalized spacial score (nSPS) is 10.3. The van der Waals surface area contributed by atoms with Gasteiger partial charge in [-0.3, -0.25) is 9.59 Å². The molecule has 0 aliphatic heterocycles. The van der Waals surface area contributed by atoms with Crippen LogP contribution in [0.5, 0.6) is 0 Å². The largest absolute Gasteiger partial charge is 0.459 e. The van der Waals surface area contributed by atoms with Gasteiger partial charge in [0.1, 0.15) is 0 Å². The molecule has 0 radical (unpaired) electrons. The van der Waals surface area contributed by atoms with Crippen LogP contribution in [0, 0.1) is 0 Å². The van der Waals surface area contributed by atoms with Crippen LogP contribution >= 0.6 is 0 Å². The third kappa shape index (κ3) is 4.67. The fourth-order valence-electron chi connectivity index (χ4n) is 1.65. The van der Waals surface area contributed by atoms with Gasteiger partial charge in [0.2, 0.25) is 5.91 Å². The molecule has 0 spiro atoms. The summed E-state index contributed by atoms with van der Waals surface area (Å²) in [5.74, 6) is -0.427. The molecule has 112 valence electrons. The molecule has 1 aromatic heterocycles. The molecule has 20 heavy (non-hydrogen) atoms. The molecule has 0 aliphatic carbocycles. The van der Waals surface area contributed by atoms with Crippen molar-refractivity contribution in [1.82, 2.24) is 9.80 Å². The minimum Gasteiger partial charge on any atom is -0.459 e. The molecular weight excluding hydrogens is 264 g/mol. The molecule has 0 aromatic carbocycles. The van der Waals surface area contributed by atoms with Gasteiger partial charge >= 0.3 is 0 Å². The molecule has 1 N–H and O–H groups in total. The van der Waals surface area contributed by atoms with Crippen LogP contribution in [0.3, 0.4) is 0 Å². The average Bonchev–Trinajstić information content (AvgIpc) is 2.96. The number of amides is 2. The highest BCUT2D eigenvalue weighted by Gasteiger charge is 2.20. The van der Waals surface area contributed by atoms with Crippen LogP contribution in [0.1, 0.15) is 10.6 Å². The van der Waals surface area contributed by atoms with E-state index in [1.165, 1.54) is 30.2 Å². The molecule has 0 bridgehead atoms. The van der Waals surface area contributed by atoms with Crippen molar-refractivity contribution in [2.24, 2.45) is 0 Å². The monoisotopic (exact) mass is 284 g/mol. The molecule has 0 saturated carbocycles. The summed E-state index contributed by atoms with van der Waals surface area (Å²) >= 11 is 0. The van der Waals surface area contributed by atoms with Crippen molar-refractivity contribution in [2.75, 3.05) is 47.0 Å². The summed E-state index contributed by atoms with van der Waals surface area (Å²) in [6.07, 6.45) is 1.40. The number of ether oxygens (including phenoxy) is 1. The van der Waals surface area contributed by atoms with E-state index in [1.807, 2.05) is 0 Å². The highest BCUT2D eigenvalue weighted by molar-refractivity contribution is 5.94. The van der Waals surface area contributed by atoms with Crippen LogP contribution in [0.15, 0.2) is 22.8 Å². The highest BCUT2D eigenvalue weighted by atomic mass is 16.5. The van der Waals surface area contributed by atoms with E-state index in [4.69, 9.17) is 14.3 Å². The van der Waals surface area contributed by atoms with Crippen LogP contribution in [0.4, 0.5) is 0 Å². The number of likely N-dealkylation sites (N-methyl/N-ethyl adjacent to an activating group) is 1. The van der Waals surface area contributed by atoms with Crippen LogP contribution in [0.25, 0.3) is 0 Å². The maximum Gasteiger partial charge on any atom is 0.289 e. The minimum absolute atomic E-state index is 0.0801. The minimum atomic E-state index is -0.362. The number of carbonyl (C=O) groups is 2. The van der Waals surface area contributed by atoms with E-state index in [2.05, 4.69) is 0 Å². The van der Waals surface area contributed by atoms with Crippen molar-refractivity contribution in [3.63, 3.8) is 0 Å². The molecule has 1 heterocycles. The van der Waals surface area contributed by atoms with Crippen LogP contribution in [-0.2, 0) is 9.53 Å². The van der Waals surface area contributed by atoms with E-state index < -0.39 is 0 Å². The van der Waals surface area contributed by atoms with E-state index in [9.17, 15) is 9.59 Å².